The number of aromatic hydroxyl groups is 1. The fraction of sp³-hybridized carbons (Fsp3) is 0.133. The molecule has 0 unspecified atom stereocenters. The van der Waals surface area contributed by atoms with Gasteiger partial charge < -0.3 is 5.11 Å². The molecule has 2 aromatic carbocycles. The minimum Gasteiger partial charge on any atom is -0.507 e. The molecule has 2 heteroatoms. The van der Waals surface area contributed by atoms with Gasteiger partial charge in [-0.15, -0.1) is 0 Å². The Morgan fingerprint density at radius 3 is 2.29 bits per heavy atom. The second-order valence-corrected chi connectivity index (χ2v) is 4.16. The molecule has 0 spiro atoms. The van der Waals surface area contributed by atoms with Crippen molar-refractivity contribution in [3.05, 3.63) is 59.2 Å². The van der Waals surface area contributed by atoms with Crippen molar-refractivity contribution in [1.29, 1.82) is 0 Å². The molecule has 1 N–H and O–H groups in total. The number of hydrogen-bond donors (Lipinski definition) is 1. The van der Waals surface area contributed by atoms with Crippen LogP contribution in [0.4, 0.5) is 5.69 Å². The molecule has 0 saturated carbocycles. The van der Waals surface area contributed by atoms with Gasteiger partial charge >= 0.3 is 0 Å². The number of rotatable bonds is 2. The Balaban J connectivity index is 2.25. The van der Waals surface area contributed by atoms with E-state index in [1.54, 1.807) is 12.3 Å². The second kappa shape index (κ2) is 4.83. The summed E-state index contributed by atoms with van der Waals surface area (Å²) in [6.07, 6.45) is 1.69. The summed E-state index contributed by atoms with van der Waals surface area (Å²) in [5.74, 6) is 0.256. The van der Waals surface area contributed by atoms with Crippen LogP contribution in [0.5, 0.6) is 5.75 Å². The quantitative estimate of drug-likeness (QED) is 0.775. The van der Waals surface area contributed by atoms with Crippen LogP contribution in [0.15, 0.2) is 47.5 Å². The smallest absolute Gasteiger partial charge is 0.124 e. The average molecular weight is 225 g/mol. The molecule has 0 heterocycles. The van der Waals surface area contributed by atoms with Crippen molar-refractivity contribution in [3.63, 3.8) is 0 Å². The number of aryl methyl sites for hydroxylation is 2. The van der Waals surface area contributed by atoms with Crippen LogP contribution in [0.1, 0.15) is 16.7 Å². The first kappa shape index (κ1) is 11.4. The highest BCUT2D eigenvalue weighted by Gasteiger charge is 1.97. The summed E-state index contributed by atoms with van der Waals surface area (Å²) < 4.78 is 0. The van der Waals surface area contributed by atoms with E-state index >= 15 is 0 Å². The van der Waals surface area contributed by atoms with Crippen LogP contribution in [0, 0.1) is 13.8 Å². The third-order valence-corrected chi connectivity index (χ3v) is 2.57. The zero-order valence-electron chi connectivity index (χ0n) is 10.0. The van der Waals surface area contributed by atoms with Crippen molar-refractivity contribution in [2.24, 2.45) is 4.99 Å². The van der Waals surface area contributed by atoms with Gasteiger partial charge in [0.1, 0.15) is 5.75 Å². The minimum absolute atomic E-state index is 0.256. The van der Waals surface area contributed by atoms with Gasteiger partial charge in [0.2, 0.25) is 0 Å². The second-order valence-electron chi connectivity index (χ2n) is 4.16. The molecule has 2 rings (SSSR count). The lowest BCUT2D eigenvalue weighted by molar-refractivity contribution is 0.474. The first-order valence-corrected chi connectivity index (χ1v) is 5.55. The summed E-state index contributed by atoms with van der Waals surface area (Å²) in [5, 5.41) is 9.67. The Morgan fingerprint density at radius 1 is 0.941 bits per heavy atom. The normalized spacial score (nSPS) is 10.9. The third-order valence-electron chi connectivity index (χ3n) is 2.57. The van der Waals surface area contributed by atoms with Gasteiger partial charge in [-0.1, -0.05) is 29.3 Å². The van der Waals surface area contributed by atoms with Crippen molar-refractivity contribution >= 4 is 11.9 Å². The molecule has 0 fully saturated rings. The lowest BCUT2D eigenvalue weighted by Crippen LogP contribution is -1.83. The summed E-state index contributed by atoms with van der Waals surface area (Å²) in [7, 11) is 0. The maximum atomic E-state index is 9.67. The fourth-order valence-corrected chi connectivity index (χ4v) is 1.55. The molecule has 86 valence electrons. The van der Waals surface area contributed by atoms with E-state index in [4.69, 9.17) is 0 Å². The summed E-state index contributed by atoms with van der Waals surface area (Å²) in [4.78, 5) is 4.33. The number of benzene rings is 2. The molecule has 0 aliphatic rings. The van der Waals surface area contributed by atoms with Crippen LogP contribution in [0.2, 0.25) is 0 Å². The monoisotopic (exact) mass is 225 g/mol. The van der Waals surface area contributed by atoms with Crippen molar-refractivity contribution in [2.75, 3.05) is 0 Å². The van der Waals surface area contributed by atoms with E-state index in [2.05, 4.69) is 4.99 Å². The van der Waals surface area contributed by atoms with Gasteiger partial charge in [-0.3, -0.25) is 4.99 Å². The van der Waals surface area contributed by atoms with Crippen LogP contribution in [0.3, 0.4) is 0 Å². The number of nitrogens with zero attached hydrogens (tertiary/aromatic N) is 1. The predicted octanol–water partition coefficient (Wildman–Crippen LogP) is 3.76. The molecule has 2 nitrogen and oxygen atoms in total. The SMILES string of the molecule is Cc1ccc(N=Cc2cc(C)ccc2O)cc1. The Morgan fingerprint density at radius 2 is 1.59 bits per heavy atom. The topological polar surface area (TPSA) is 32.6 Å². The zero-order valence-corrected chi connectivity index (χ0v) is 10.0. The van der Waals surface area contributed by atoms with Gasteiger partial charge in [-0.2, -0.15) is 0 Å². The number of hydrogen-bond acceptors (Lipinski definition) is 2. The summed E-state index contributed by atoms with van der Waals surface area (Å²) in [5.41, 5.74) is 3.94. The van der Waals surface area contributed by atoms with Crippen molar-refractivity contribution in [1.82, 2.24) is 0 Å². The first-order chi connectivity index (χ1) is 8.15. The highest BCUT2D eigenvalue weighted by Crippen LogP contribution is 2.18. The van der Waals surface area contributed by atoms with E-state index in [-0.39, 0.29) is 5.75 Å². The Kier molecular flexibility index (Phi) is 3.24. The Hall–Kier alpha value is -2.09. The van der Waals surface area contributed by atoms with Gasteiger partial charge in [-0.05, 0) is 38.1 Å². The lowest BCUT2D eigenvalue weighted by Gasteiger charge is -2.00. The van der Waals surface area contributed by atoms with Crippen LogP contribution < -0.4 is 0 Å². The largest absolute Gasteiger partial charge is 0.507 e. The van der Waals surface area contributed by atoms with Crippen molar-refractivity contribution in [2.45, 2.75) is 13.8 Å². The first-order valence-electron chi connectivity index (χ1n) is 5.55. The molecule has 0 atom stereocenters. The Bertz CT molecular complexity index is 541. The lowest BCUT2D eigenvalue weighted by atomic mass is 10.1. The van der Waals surface area contributed by atoms with Gasteiger partial charge in [-0.25, -0.2) is 0 Å². The molecule has 0 aromatic heterocycles. The number of aliphatic imine (C=N–C) groups is 1. The van der Waals surface area contributed by atoms with Gasteiger partial charge in [0.15, 0.2) is 0 Å². The van der Waals surface area contributed by atoms with Crippen LogP contribution in [-0.4, -0.2) is 11.3 Å². The van der Waals surface area contributed by atoms with Gasteiger partial charge in [0.05, 0.1) is 5.69 Å². The average Bonchev–Trinajstić information content (AvgIpc) is 2.32. The van der Waals surface area contributed by atoms with Crippen LogP contribution >= 0.6 is 0 Å². The molecule has 0 aliphatic heterocycles. The molecule has 0 aliphatic carbocycles. The highest BCUT2D eigenvalue weighted by molar-refractivity contribution is 5.85. The van der Waals surface area contributed by atoms with Crippen molar-refractivity contribution < 1.29 is 5.11 Å². The van der Waals surface area contributed by atoms with E-state index in [1.807, 2.05) is 50.2 Å². The maximum Gasteiger partial charge on any atom is 0.124 e. The maximum absolute atomic E-state index is 9.67. The molecule has 0 amide bonds. The fourth-order valence-electron chi connectivity index (χ4n) is 1.55. The Labute approximate surface area is 101 Å². The van der Waals surface area contributed by atoms with Crippen LogP contribution in [-0.2, 0) is 0 Å². The standard InChI is InChI=1S/C15H15NO/c1-11-3-6-14(7-4-11)16-10-13-9-12(2)5-8-15(13)17/h3-10,17H,1-2H3. The third kappa shape index (κ3) is 2.94. The molecular weight excluding hydrogens is 210 g/mol. The number of phenolic OH excluding ortho intramolecular Hbond substituents is 1. The van der Waals surface area contributed by atoms with Crippen LogP contribution in [0.25, 0.3) is 0 Å². The summed E-state index contributed by atoms with van der Waals surface area (Å²) >= 11 is 0. The highest BCUT2D eigenvalue weighted by atomic mass is 16.3. The van der Waals surface area contributed by atoms with Gasteiger partial charge in [0, 0.05) is 11.8 Å². The van der Waals surface area contributed by atoms with E-state index in [0.717, 1.165) is 16.8 Å². The predicted molar refractivity (Wildman–Crippen MR) is 71.3 cm³/mol. The summed E-state index contributed by atoms with van der Waals surface area (Å²) in [6.45, 7) is 4.03. The molecule has 0 radical (unpaired) electrons. The van der Waals surface area contributed by atoms with E-state index in [9.17, 15) is 5.11 Å². The molecule has 2 aromatic rings. The summed E-state index contributed by atoms with van der Waals surface area (Å²) in [6, 6.07) is 13.4. The van der Waals surface area contributed by atoms with Gasteiger partial charge in [0.25, 0.3) is 0 Å². The zero-order chi connectivity index (χ0) is 12.3. The molecular formula is C15H15NO. The molecule has 0 saturated heterocycles. The van der Waals surface area contributed by atoms with Crippen molar-refractivity contribution in [3.8, 4) is 5.75 Å². The van der Waals surface area contributed by atoms with E-state index in [1.165, 1.54) is 5.56 Å². The molecule has 17 heavy (non-hydrogen) atoms. The number of phenols is 1. The molecule has 0 bridgehead atoms. The minimum atomic E-state index is 0.256. The van der Waals surface area contributed by atoms with E-state index < -0.39 is 0 Å². The van der Waals surface area contributed by atoms with E-state index in [0.29, 0.717) is 0 Å².